The number of aromatic nitrogens is 2. The van der Waals surface area contributed by atoms with Crippen LogP contribution < -0.4 is 0 Å². The highest BCUT2D eigenvalue weighted by atomic mass is 16.3. The van der Waals surface area contributed by atoms with Crippen molar-refractivity contribution in [3.63, 3.8) is 0 Å². The van der Waals surface area contributed by atoms with E-state index in [4.69, 9.17) is 0 Å². The molecule has 3 rings (SSSR count). The predicted molar refractivity (Wildman–Crippen MR) is 92.5 cm³/mol. The van der Waals surface area contributed by atoms with Gasteiger partial charge in [0.25, 0.3) is 0 Å². The van der Waals surface area contributed by atoms with Gasteiger partial charge in [-0.25, -0.2) is 0 Å². The van der Waals surface area contributed by atoms with E-state index in [1.165, 1.54) is 49.9 Å². The molecule has 2 fully saturated rings. The summed E-state index contributed by atoms with van der Waals surface area (Å²) in [6.45, 7) is 9.53. The quantitative estimate of drug-likeness (QED) is 0.921. The van der Waals surface area contributed by atoms with Crippen LogP contribution in [-0.2, 0) is 13.1 Å². The van der Waals surface area contributed by atoms with E-state index in [0.29, 0.717) is 12.1 Å². The van der Waals surface area contributed by atoms with Gasteiger partial charge in [-0.15, -0.1) is 0 Å². The van der Waals surface area contributed by atoms with Crippen LogP contribution in [0.25, 0.3) is 0 Å². The van der Waals surface area contributed by atoms with Gasteiger partial charge in [-0.1, -0.05) is 19.3 Å². The van der Waals surface area contributed by atoms with Crippen LogP contribution in [0.1, 0.15) is 49.1 Å². The summed E-state index contributed by atoms with van der Waals surface area (Å²) in [6.07, 6.45) is 6.80. The van der Waals surface area contributed by atoms with Crippen LogP contribution in [0.5, 0.6) is 0 Å². The molecule has 1 saturated carbocycles. The molecule has 1 saturated heterocycles. The molecule has 1 aliphatic carbocycles. The molecule has 130 valence electrons. The molecule has 23 heavy (non-hydrogen) atoms. The first kappa shape index (κ1) is 16.9. The molecular formula is C18H32N4O. The molecule has 5 heteroatoms. The second-order valence-corrected chi connectivity index (χ2v) is 7.54. The highest BCUT2D eigenvalue weighted by Gasteiger charge is 2.41. The van der Waals surface area contributed by atoms with E-state index in [1.807, 2.05) is 4.68 Å². The zero-order valence-electron chi connectivity index (χ0n) is 15.0. The van der Waals surface area contributed by atoms with Crippen LogP contribution in [0.15, 0.2) is 0 Å². The Hall–Kier alpha value is -0.910. The molecule has 0 radical (unpaired) electrons. The number of rotatable bonds is 4. The molecule has 1 aromatic rings. The average Bonchev–Trinajstić information content (AvgIpc) is 2.79. The van der Waals surface area contributed by atoms with Gasteiger partial charge in [-0.05, 0) is 33.7 Å². The first-order valence-electron chi connectivity index (χ1n) is 9.13. The number of piperazine rings is 1. The van der Waals surface area contributed by atoms with Crippen molar-refractivity contribution in [1.29, 1.82) is 0 Å². The van der Waals surface area contributed by atoms with Gasteiger partial charge >= 0.3 is 0 Å². The zero-order chi connectivity index (χ0) is 16.4. The van der Waals surface area contributed by atoms with E-state index < -0.39 is 0 Å². The number of aliphatic hydroxyl groups is 1. The van der Waals surface area contributed by atoms with E-state index in [1.54, 1.807) is 0 Å². The Morgan fingerprint density at radius 3 is 2.57 bits per heavy atom. The molecule has 0 amide bonds. The molecule has 1 spiro atoms. The third-order valence-corrected chi connectivity index (χ3v) is 5.96. The maximum atomic E-state index is 9.22. The summed E-state index contributed by atoms with van der Waals surface area (Å²) in [4.78, 5) is 5.25. The lowest BCUT2D eigenvalue weighted by molar-refractivity contribution is -0.0240. The van der Waals surface area contributed by atoms with E-state index >= 15 is 0 Å². The molecule has 1 N–H and O–H groups in total. The summed E-state index contributed by atoms with van der Waals surface area (Å²) in [5, 5.41) is 13.9. The number of aliphatic hydroxyl groups excluding tert-OH is 1. The van der Waals surface area contributed by atoms with Crippen molar-refractivity contribution in [2.45, 2.75) is 64.6 Å². The van der Waals surface area contributed by atoms with Crippen LogP contribution in [0.4, 0.5) is 0 Å². The number of nitrogens with zero attached hydrogens (tertiary/aromatic N) is 4. The van der Waals surface area contributed by atoms with Crippen molar-refractivity contribution in [3.8, 4) is 0 Å². The normalized spacial score (nSPS) is 22.8. The summed E-state index contributed by atoms with van der Waals surface area (Å²) in [6, 6.07) is 0. The first-order chi connectivity index (χ1) is 11.1. The molecule has 1 aromatic heterocycles. The van der Waals surface area contributed by atoms with E-state index in [-0.39, 0.29) is 6.61 Å². The fourth-order valence-electron chi connectivity index (χ4n) is 4.61. The minimum absolute atomic E-state index is 0.153. The predicted octanol–water partition coefficient (Wildman–Crippen LogP) is 1.94. The summed E-state index contributed by atoms with van der Waals surface area (Å²) >= 11 is 0. The van der Waals surface area contributed by atoms with Crippen molar-refractivity contribution in [1.82, 2.24) is 19.6 Å². The minimum Gasteiger partial charge on any atom is -0.394 e. The van der Waals surface area contributed by atoms with Crippen LogP contribution in [-0.4, -0.2) is 63.5 Å². The maximum Gasteiger partial charge on any atom is 0.0644 e. The minimum atomic E-state index is 0.153. The first-order valence-corrected chi connectivity index (χ1v) is 9.13. The molecule has 0 unspecified atom stereocenters. The molecule has 2 aliphatic rings. The fraction of sp³-hybridized carbons (Fsp3) is 0.833. The standard InChI is InChI=1S/C18H32N4O/c1-15-17(16(2)22(19-15)11-12-23)13-21-10-9-20(3)14-18(21)7-5-4-6-8-18/h23H,4-14H2,1-3H3. The highest BCUT2D eigenvalue weighted by molar-refractivity contribution is 5.25. The van der Waals surface area contributed by atoms with Crippen molar-refractivity contribution < 1.29 is 5.11 Å². The third-order valence-electron chi connectivity index (χ3n) is 5.96. The van der Waals surface area contributed by atoms with Gasteiger partial charge in [-0.2, -0.15) is 5.10 Å². The summed E-state index contributed by atoms with van der Waals surface area (Å²) in [5.74, 6) is 0. The molecular weight excluding hydrogens is 288 g/mol. The second-order valence-electron chi connectivity index (χ2n) is 7.54. The van der Waals surface area contributed by atoms with Crippen LogP contribution in [0.2, 0.25) is 0 Å². The van der Waals surface area contributed by atoms with Gasteiger partial charge in [0.05, 0.1) is 18.8 Å². The summed E-state index contributed by atoms with van der Waals surface area (Å²) in [5.41, 5.74) is 4.08. The Morgan fingerprint density at radius 2 is 1.87 bits per heavy atom. The molecule has 2 heterocycles. The van der Waals surface area contributed by atoms with Crippen molar-refractivity contribution in [2.24, 2.45) is 0 Å². The lowest BCUT2D eigenvalue weighted by Gasteiger charge is -2.52. The van der Waals surface area contributed by atoms with Crippen LogP contribution >= 0.6 is 0 Å². The van der Waals surface area contributed by atoms with Crippen molar-refractivity contribution in [2.75, 3.05) is 33.3 Å². The Kier molecular flexibility index (Phi) is 5.09. The summed E-state index contributed by atoms with van der Waals surface area (Å²) < 4.78 is 1.97. The van der Waals surface area contributed by atoms with E-state index in [9.17, 15) is 5.11 Å². The Bertz CT molecular complexity index is 533. The fourth-order valence-corrected chi connectivity index (χ4v) is 4.61. The monoisotopic (exact) mass is 320 g/mol. The lowest BCUT2D eigenvalue weighted by atomic mass is 9.78. The van der Waals surface area contributed by atoms with Gasteiger partial charge in [0, 0.05) is 43.0 Å². The Morgan fingerprint density at radius 1 is 1.13 bits per heavy atom. The molecule has 0 aromatic carbocycles. The molecule has 0 bridgehead atoms. The van der Waals surface area contributed by atoms with Gasteiger partial charge < -0.3 is 10.0 Å². The third kappa shape index (κ3) is 3.32. The maximum absolute atomic E-state index is 9.22. The van der Waals surface area contributed by atoms with Crippen LogP contribution in [0, 0.1) is 13.8 Å². The summed E-state index contributed by atoms with van der Waals surface area (Å²) in [7, 11) is 2.27. The number of hydrogen-bond acceptors (Lipinski definition) is 4. The molecule has 5 nitrogen and oxygen atoms in total. The largest absolute Gasteiger partial charge is 0.394 e. The smallest absolute Gasteiger partial charge is 0.0644 e. The number of aryl methyl sites for hydroxylation is 1. The van der Waals surface area contributed by atoms with Gasteiger partial charge in [0.1, 0.15) is 0 Å². The SMILES string of the molecule is Cc1nn(CCO)c(C)c1CN1CCN(C)CC12CCCCC2. The van der Waals surface area contributed by atoms with E-state index in [2.05, 4.69) is 35.8 Å². The highest BCUT2D eigenvalue weighted by Crippen LogP contribution is 2.37. The molecule has 0 atom stereocenters. The zero-order valence-corrected chi connectivity index (χ0v) is 15.0. The molecule has 1 aliphatic heterocycles. The van der Waals surface area contributed by atoms with Crippen LogP contribution in [0.3, 0.4) is 0 Å². The average molecular weight is 320 g/mol. The Labute approximate surface area is 140 Å². The van der Waals surface area contributed by atoms with Gasteiger partial charge in [0.15, 0.2) is 0 Å². The van der Waals surface area contributed by atoms with E-state index in [0.717, 1.165) is 25.3 Å². The second kappa shape index (κ2) is 6.91. The number of likely N-dealkylation sites (N-methyl/N-ethyl adjacent to an activating group) is 1. The van der Waals surface area contributed by atoms with Crippen molar-refractivity contribution >= 4 is 0 Å². The van der Waals surface area contributed by atoms with Crippen molar-refractivity contribution in [3.05, 3.63) is 17.0 Å². The van der Waals surface area contributed by atoms with Gasteiger partial charge in [0.2, 0.25) is 0 Å². The topological polar surface area (TPSA) is 44.5 Å². The van der Waals surface area contributed by atoms with Gasteiger partial charge in [-0.3, -0.25) is 9.58 Å². The number of hydrogen-bond donors (Lipinski definition) is 1. The lowest BCUT2D eigenvalue weighted by Crippen LogP contribution is -2.61. The Balaban J connectivity index is 1.83.